The highest BCUT2D eigenvalue weighted by atomic mass is 79.9. The van der Waals surface area contributed by atoms with E-state index in [4.69, 9.17) is 5.73 Å². The standard InChI is InChI=1S/C10H14Br2N2O2S/c1-17(15,16)4-2-3-9(13)10-8(12)5-7(11)6-14-10/h5-6,9H,2-4,13H2,1H3. The number of aromatic nitrogens is 1. The first-order chi connectivity index (χ1) is 7.79. The molecule has 1 aromatic rings. The van der Waals surface area contributed by atoms with E-state index in [0.717, 1.165) is 14.6 Å². The zero-order valence-corrected chi connectivity index (χ0v) is 13.3. The minimum atomic E-state index is -2.91. The number of nitrogens with two attached hydrogens (primary N) is 1. The lowest BCUT2D eigenvalue weighted by Gasteiger charge is -2.12. The van der Waals surface area contributed by atoms with Crippen LogP contribution in [0.25, 0.3) is 0 Å². The number of nitrogens with zero attached hydrogens (tertiary/aromatic N) is 1. The Morgan fingerprint density at radius 2 is 2.12 bits per heavy atom. The van der Waals surface area contributed by atoms with E-state index in [2.05, 4.69) is 36.8 Å². The van der Waals surface area contributed by atoms with Gasteiger partial charge < -0.3 is 5.73 Å². The van der Waals surface area contributed by atoms with Crippen LogP contribution in [-0.2, 0) is 9.84 Å². The molecule has 0 spiro atoms. The van der Waals surface area contributed by atoms with Crippen molar-refractivity contribution in [3.8, 4) is 0 Å². The van der Waals surface area contributed by atoms with Crippen LogP contribution in [0, 0.1) is 0 Å². The van der Waals surface area contributed by atoms with E-state index in [9.17, 15) is 8.42 Å². The summed E-state index contributed by atoms with van der Waals surface area (Å²) < 4.78 is 23.7. The average molecular weight is 386 g/mol. The molecule has 0 aliphatic heterocycles. The van der Waals surface area contributed by atoms with Crippen LogP contribution in [0.1, 0.15) is 24.6 Å². The van der Waals surface area contributed by atoms with Crippen molar-refractivity contribution in [2.75, 3.05) is 12.0 Å². The normalized spacial score (nSPS) is 13.6. The number of halogens is 2. The molecule has 1 aromatic heterocycles. The average Bonchev–Trinajstić information content (AvgIpc) is 2.15. The van der Waals surface area contributed by atoms with Crippen LogP contribution in [-0.4, -0.2) is 25.4 Å². The van der Waals surface area contributed by atoms with Gasteiger partial charge in [-0.1, -0.05) is 0 Å². The van der Waals surface area contributed by atoms with Gasteiger partial charge in [-0.25, -0.2) is 8.42 Å². The van der Waals surface area contributed by atoms with Crippen LogP contribution < -0.4 is 5.73 Å². The molecule has 0 radical (unpaired) electrons. The molecule has 0 saturated heterocycles. The first-order valence-corrected chi connectivity index (χ1v) is 8.68. The highest BCUT2D eigenvalue weighted by molar-refractivity contribution is 9.11. The number of hydrogen-bond acceptors (Lipinski definition) is 4. The number of rotatable bonds is 5. The zero-order valence-electron chi connectivity index (χ0n) is 9.36. The number of pyridine rings is 1. The Morgan fingerprint density at radius 3 is 2.65 bits per heavy atom. The van der Waals surface area contributed by atoms with E-state index < -0.39 is 9.84 Å². The lowest BCUT2D eigenvalue weighted by Crippen LogP contribution is -2.14. The minimum absolute atomic E-state index is 0.162. The highest BCUT2D eigenvalue weighted by Gasteiger charge is 2.13. The van der Waals surface area contributed by atoms with Crippen LogP contribution in [0.4, 0.5) is 0 Å². The summed E-state index contributed by atoms with van der Waals surface area (Å²) in [7, 11) is -2.91. The van der Waals surface area contributed by atoms with E-state index in [1.54, 1.807) is 6.20 Å². The molecule has 17 heavy (non-hydrogen) atoms. The summed E-state index contributed by atoms with van der Waals surface area (Å²) in [5.74, 6) is 0.162. The molecule has 0 bridgehead atoms. The van der Waals surface area contributed by atoms with Gasteiger partial charge in [0, 0.05) is 33.2 Å². The summed E-state index contributed by atoms with van der Waals surface area (Å²) in [5.41, 5.74) is 6.72. The summed E-state index contributed by atoms with van der Waals surface area (Å²) in [6.07, 6.45) is 4.05. The predicted molar refractivity (Wildman–Crippen MR) is 75.5 cm³/mol. The Morgan fingerprint density at radius 1 is 1.47 bits per heavy atom. The molecular formula is C10H14Br2N2O2S. The fourth-order valence-corrected chi connectivity index (χ4v) is 3.37. The topological polar surface area (TPSA) is 73.0 Å². The number of sulfone groups is 1. The monoisotopic (exact) mass is 384 g/mol. The Balaban J connectivity index is 2.61. The fourth-order valence-electron chi connectivity index (χ4n) is 1.40. The first kappa shape index (κ1) is 15.1. The minimum Gasteiger partial charge on any atom is -0.323 e. The van der Waals surface area contributed by atoms with Gasteiger partial charge in [-0.2, -0.15) is 0 Å². The summed E-state index contributed by atoms with van der Waals surface area (Å²) in [5, 5.41) is 0. The number of hydrogen-bond donors (Lipinski definition) is 1. The predicted octanol–water partition coefficient (Wildman–Crippen LogP) is 2.43. The van der Waals surface area contributed by atoms with Crippen LogP contribution >= 0.6 is 31.9 Å². The highest BCUT2D eigenvalue weighted by Crippen LogP contribution is 2.25. The molecule has 1 atom stereocenters. The van der Waals surface area contributed by atoms with Crippen molar-refractivity contribution in [1.82, 2.24) is 4.98 Å². The van der Waals surface area contributed by atoms with Gasteiger partial charge in [0.1, 0.15) is 9.84 Å². The lowest BCUT2D eigenvalue weighted by atomic mass is 10.1. The van der Waals surface area contributed by atoms with E-state index in [1.807, 2.05) is 6.07 Å². The molecule has 1 heterocycles. The molecule has 0 aromatic carbocycles. The molecule has 1 rings (SSSR count). The van der Waals surface area contributed by atoms with E-state index in [-0.39, 0.29) is 11.8 Å². The van der Waals surface area contributed by atoms with Gasteiger partial charge in [0.25, 0.3) is 0 Å². The van der Waals surface area contributed by atoms with Gasteiger partial charge in [0.05, 0.1) is 5.69 Å². The third-order valence-corrected chi connectivity index (χ3v) is 4.32. The Bertz CT molecular complexity index is 491. The Hall–Kier alpha value is 0.0200. The van der Waals surface area contributed by atoms with Crippen molar-refractivity contribution in [1.29, 1.82) is 0 Å². The second-order valence-corrected chi connectivity index (χ2v) is 7.93. The Kier molecular flexibility index (Phi) is 5.56. The van der Waals surface area contributed by atoms with Gasteiger partial charge in [0.15, 0.2) is 0 Å². The van der Waals surface area contributed by atoms with Crippen molar-refractivity contribution in [3.63, 3.8) is 0 Å². The summed E-state index contributed by atoms with van der Waals surface area (Å²) in [6.45, 7) is 0. The van der Waals surface area contributed by atoms with Gasteiger partial charge in [-0.05, 0) is 50.8 Å². The van der Waals surface area contributed by atoms with E-state index in [1.165, 1.54) is 6.26 Å². The third kappa shape index (κ3) is 5.46. The maximum Gasteiger partial charge on any atom is 0.147 e. The van der Waals surface area contributed by atoms with Crippen molar-refractivity contribution in [2.45, 2.75) is 18.9 Å². The van der Waals surface area contributed by atoms with Crippen LogP contribution in [0.15, 0.2) is 21.2 Å². The van der Waals surface area contributed by atoms with Gasteiger partial charge in [0.2, 0.25) is 0 Å². The second-order valence-electron chi connectivity index (χ2n) is 3.90. The molecule has 1 unspecified atom stereocenters. The maximum absolute atomic E-state index is 11.0. The van der Waals surface area contributed by atoms with Gasteiger partial charge in [-0.15, -0.1) is 0 Å². The third-order valence-electron chi connectivity index (χ3n) is 2.22. The Labute approximate surface area is 118 Å². The van der Waals surface area contributed by atoms with E-state index in [0.29, 0.717) is 12.8 Å². The molecule has 7 heteroatoms. The van der Waals surface area contributed by atoms with Crippen molar-refractivity contribution >= 4 is 41.7 Å². The molecule has 96 valence electrons. The lowest BCUT2D eigenvalue weighted by molar-refractivity contribution is 0.583. The van der Waals surface area contributed by atoms with Crippen molar-refractivity contribution in [2.24, 2.45) is 5.73 Å². The van der Waals surface area contributed by atoms with Crippen molar-refractivity contribution < 1.29 is 8.42 Å². The first-order valence-electron chi connectivity index (χ1n) is 5.04. The summed E-state index contributed by atoms with van der Waals surface area (Å²) in [4.78, 5) is 4.22. The largest absolute Gasteiger partial charge is 0.323 e. The maximum atomic E-state index is 11.0. The molecule has 0 aliphatic carbocycles. The van der Waals surface area contributed by atoms with Crippen LogP contribution in [0.2, 0.25) is 0 Å². The van der Waals surface area contributed by atoms with Crippen LogP contribution in [0.3, 0.4) is 0 Å². The van der Waals surface area contributed by atoms with Crippen LogP contribution in [0.5, 0.6) is 0 Å². The molecule has 4 nitrogen and oxygen atoms in total. The molecule has 0 aliphatic rings. The SMILES string of the molecule is CS(=O)(=O)CCCC(N)c1ncc(Br)cc1Br. The second kappa shape index (κ2) is 6.26. The quantitative estimate of drug-likeness (QED) is 0.844. The molecule has 2 N–H and O–H groups in total. The molecule has 0 saturated carbocycles. The van der Waals surface area contributed by atoms with E-state index >= 15 is 0 Å². The van der Waals surface area contributed by atoms with Gasteiger partial charge in [-0.3, -0.25) is 4.98 Å². The molecule has 0 fully saturated rings. The molecular weight excluding hydrogens is 372 g/mol. The molecule has 0 amide bonds. The summed E-state index contributed by atoms with van der Waals surface area (Å²) in [6, 6.07) is 1.62. The van der Waals surface area contributed by atoms with Crippen molar-refractivity contribution in [3.05, 3.63) is 26.9 Å². The smallest absolute Gasteiger partial charge is 0.147 e. The fraction of sp³-hybridized carbons (Fsp3) is 0.500. The summed E-state index contributed by atoms with van der Waals surface area (Å²) >= 11 is 6.70. The van der Waals surface area contributed by atoms with Gasteiger partial charge >= 0.3 is 0 Å². The zero-order chi connectivity index (χ0) is 13.1.